The van der Waals surface area contributed by atoms with Crippen LogP contribution in [0.5, 0.6) is 0 Å². The second-order valence-electron chi connectivity index (χ2n) is 8.14. The normalized spacial score (nSPS) is 13.1. The average molecular weight is 512 g/mol. The maximum atomic E-state index is 13.5. The molecule has 1 N–H and O–H groups in total. The number of rotatable bonds is 11. The van der Waals surface area contributed by atoms with Crippen LogP contribution in [-0.4, -0.2) is 50.0 Å². The molecule has 7 nitrogen and oxygen atoms in total. The van der Waals surface area contributed by atoms with Crippen molar-refractivity contribution in [3.05, 3.63) is 64.9 Å². The van der Waals surface area contributed by atoms with E-state index in [0.717, 1.165) is 10.6 Å². The fourth-order valence-corrected chi connectivity index (χ4v) is 4.34. The Hall–Kier alpha value is -2.65. The van der Waals surface area contributed by atoms with Crippen molar-refractivity contribution in [2.45, 2.75) is 52.2 Å². The van der Waals surface area contributed by atoms with E-state index in [9.17, 15) is 22.4 Å². The van der Waals surface area contributed by atoms with Gasteiger partial charge in [0.25, 0.3) is 0 Å². The molecule has 0 spiro atoms. The summed E-state index contributed by atoms with van der Waals surface area (Å²) in [5.41, 5.74) is 0.890. The van der Waals surface area contributed by atoms with Gasteiger partial charge in [0.2, 0.25) is 21.8 Å². The van der Waals surface area contributed by atoms with Gasteiger partial charge in [-0.3, -0.25) is 13.9 Å². The quantitative estimate of drug-likeness (QED) is 0.494. The van der Waals surface area contributed by atoms with Crippen LogP contribution in [0.3, 0.4) is 0 Å². The molecule has 2 aromatic rings. The molecule has 0 heterocycles. The zero-order chi connectivity index (χ0) is 25.5. The van der Waals surface area contributed by atoms with E-state index in [1.165, 1.54) is 53.4 Å². The van der Waals surface area contributed by atoms with E-state index in [1.807, 2.05) is 13.8 Å². The average Bonchev–Trinajstić information content (AvgIpc) is 2.78. The van der Waals surface area contributed by atoms with E-state index in [-0.39, 0.29) is 24.2 Å². The molecule has 0 fully saturated rings. The predicted molar refractivity (Wildman–Crippen MR) is 133 cm³/mol. The molecule has 0 aliphatic carbocycles. The van der Waals surface area contributed by atoms with Crippen molar-refractivity contribution in [1.29, 1.82) is 0 Å². The topological polar surface area (TPSA) is 86.8 Å². The third kappa shape index (κ3) is 7.70. The van der Waals surface area contributed by atoms with E-state index < -0.39 is 34.3 Å². The molecule has 10 heteroatoms. The van der Waals surface area contributed by atoms with Gasteiger partial charge in [-0.15, -0.1) is 0 Å². The molecular formula is C24H31ClFN3O4S. The number of anilines is 1. The predicted octanol–water partition coefficient (Wildman–Crippen LogP) is 3.97. The molecular weight excluding hydrogens is 481 g/mol. The summed E-state index contributed by atoms with van der Waals surface area (Å²) in [6.45, 7) is 5.09. The number of amides is 2. The van der Waals surface area contributed by atoms with Gasteiger partial charge in [0.05, 0.1) is 11.9 Å². The number of hydrogen-bond acceptors (Lipinski definition) is 4. The van der Waals surface area contributed by atoms with Gasteiger partial charge in [-0.05, 0) is 61.7 Å². The van der Waals surface area contributed by atoms with E-state index in [4.69, 9.17) is 11.6 Å². The first-order valence-corrected chi connectivity index (χ1v) is 13.3. The smallest absolute Gasteiger partial charge is 0.244 e. The summed E-state index contributed by atoms with van der Waals surface area (Å²) in [6, 6.07) is 10.8. The largest absolute Gasteiger partial charge is 0.352 e. The van der Waals surface area contributed by atoms with Crippen LogP contribution >= 0.6 is 11.6 Å². The third-order valence-corrected chi connectivity index (χ3v) is 6.84. The Balaban J connectivity index is 2.41. The molecule has 34 heavy (non-hydrogen) atoms. The second-order valence-corrected chi connectivity index (χ2v) is 10.5. The Morgan fingerprint density at radius 2 is 1.62 bits per heavy atom. The summed E-state index contributed by atoms with van der Waals surface area (Å²) in [5.74, 6) is -1.31. The van der Waals surface area contributed by atoms with Crippen molar-refractivity contribution in [2.24, 2.45) is 0 Å². The van der Waals surface area contributed by atoms with E-state index in [0.29, 0.717) is 23.4 Å². The van der Waals surface area contributed by atoms with Crippen molar-refractivity contribution in [2.75, 3.05) is 17.1 Å². The number of carbonyl (C=O) groups excluding carboxylic acids is 2. The van der Waals surface area contributed by atoms with Gasteiger partial charge in [0, 0.05) is 17.6 Å². The lowest BCUT2D eigenvalue weighted by molar-refractivity contribution is -0.140. The maximum Gasteiger partial charge on any atom is 0.244 e. The molecule has 0 radical (unpaired) electrons. The van der Waals surface area contributed by atoms with Gasteiger partial charge < -0.3 is 10.2 Å². The third-order valence-electron chi connectivity index (χ3n) is 5.45. The second kappa shape index (κ2) is 12.2. The van der Waals surface area contributed by atoms with Gasteiger partial charge in [-0.25, -0.2) is 12.8 Å². The Labute approximate surface area is 205 Å². The van der Waals surface area contributed by atoms with Crippen LogP contribution in [0.1, 0.15) is 39.2 Å². The van der Waals surface area contributed by atoms with E-state index >= 15 is 0 Å². The number of benzene rings is 2. The number of sulfonamides is 1. The number of hydrogen-bond donors (Lipinski definition) is 1. The molecule has 186 valence electrons. The highest BCUT2D eigenvalue weighted by Gasteiger charge is 2.32. The molecule has 0 aliphatic heterocycles. The van der Waals surface area contributed by atoms with Crippen molar-refractivity contribution in [3.8, 4) is 0 Å². The molecule has 2 atom stereocenters. The van der Waals surface area contributed by atoms with E-state index in [2.05, 4.69) is 5.32 Å². The summed E-state index contributed by atoms with van der Waals surface area (Å²) in [5, 5.41) is 3.32. The minimum Gasteiger partial charge on any atom is -0.352 e. The molecule has 0 aromatic heterocycles. The molecule has 0 saturated carbocycles. The number of halogens is 2. The van der Waals surface area contributed by atoms with Gasteiger partial charge in [-0.1, -0.05) is 37.6 Å². The SMILES string of the molecule is CC[C@@H](C)NC(=O)[C@H](CC)N(Cc1ccc(F)cc1)C(=O)CN(c1ccc(Cl)cc1)S(C)(=O)=O. The van der Waals surface area contributed by atoms with Crippen molar-refractivity contribution < 1.29 is 22.4 Å². The van der Waals surface area contributed by atoms with Gasteiger partial charge in [-0.2, -0.15) is 0 Å². The van der Waals surface area contributed by atoms with Gasteiger partial charge in [0.1, 0.15) is 18.4 Å². The van der Waals surface area contributed by atoms with Crippen LogP contribution in [0.15, 0.2) is 48.5 Å². The summed E-state index contributed by atoms with van der Waals surface area (Å²) < 4.78 is 39.4. The first-order chi connectivity index (χ1) is 16.0. The highest BCUT2D eigenvalue weighted by Crippen LogP contribution is 2.22. The maximum absolute atomic E-state index is 13.5. The highest BCUT2D eigenvalue weighted by molar-refractivity contribution is 7.92. The molecule has 2 amide bonds. The summed E-state index contributed by atoms with van der Waals surface area (Å²) in [7, 11) is -3.82. The van der Waals surface area contributed by atoms with Crippen LogP contribution in [0.25, 0.3) is 0 Å². The highest BCUT2D eigenvalue weighted by atomic mass is 35.5. The minimum absolute atomic E-state index is 0.0176. The molecule has 0 unspecified atom stereocenters. The Morgan fingerprint density at radius 3 is 2.12 bits per heavy atom. The Kier molecular flexibility index (Phi) is 9.88. The van der Waals surface area contributed by atoms with E-state index in [1.54, 1.807) is 6.92 Å². The van der Waals surface area contributed by atoms with Crippen molar-refractivity contribution in [3.63, 3.8) is 0 Å². The summed E-state index contributed by atoms with van der Waals surface area (Å²) >= 11 is 5.92. The first-order valence-electron chi connectivity index (χ1n) is 11.0. The molecule has 0 saturated heterocycles. The lowest BCUT2D eigenvalue weighted by atomic mass is 10.1. The molecule has 0 bridgehead atoms. The zero-order valence-corrected chi connectivity index (χ0v) is 21.4. The van der Waals surface area contributed by atoms with Crippen LogP contribution in [0.2, 0.25) is 5.02 Å². The van der Waals surface area contributed by atoms with Crippen molar-refractivity contribution in [1.82, 2.24) is 10.2 Å². The number of nitrogens with zero attached hydrogens (tertiary/aromatic N) is 2. The van der Waals surface area contributed by atoms with Crippen LogP contribution < -0.4 is 9.62 Å². The molecule has 2 aromatic carbocycles. The summed E-state index contributed by atoms with van der Waals surface area (Å²) in [6.07, 6.45) is 2.04. The zero-order valence-electron chi connectivity index (χ0n) is 19.8. The van der Waals surface area contributed by atoms with Crippen molar-refractivity contribution >= 4 is 39.1 Å². The Morgan fingerprint density at radius 1 is 1.03 bits per heavy atom. The number of nitrogens with one attached hydrogen (secondary N) is 1. The molecule has 0 aliphatic rings. The Bertz CT molecular complexity index is 1080. The monoisotopic (exact) mass is 511 g/mol. The lowest BCUT2D eigenvalue weighted by Gasteiger charge is -2.33. The van der Waals surface area contributed by atoms with Gasteiger partial charge >= 0.3 is 0 Å². The standard InChI is InChI=1S/C24H31ClFN3O4S/c1-5-17(3)27-24(31)22(6-2)28(15-18-7-11-20(26)12-8-18)23(30)16-29(34(4,32)33)21-13-9-19(25)10-14-21/h7-14,17,22H,5-6,15-16H2,1-4H3,(H,27,31)/t17-,22+/m1/s1. The summed E-state index contributed by atoms with van der Waals surface area (Å²) in [4.78, 5) is 27.9. The minimum atomic E-state index is -3.82. The number of carbonyl (C=O) groups is 2. The van der Waals surface area contributed by atoms with Gasteiger partial charge in [0.15, 0.2) is 0 Å². The van der Waals surface area contributed by atoms with Crippen LogP contribution in [0, 0.1) is 5.82 Å². The fraction of sp³-hybridized carbons (Fsp3) is 0.417. The first kappa shape index (κ1) is 27.6. The fourth-order valence-electron chi connectivity index (χ4n) is 3.37. The molecule has 2 rings (SSSR count). The van der Waals surface area contributed by atoms with Crippen LogP contribution in [-0.2, 0) is 26.2 Å². The van der Waals surface area contributed by atoms with Crippen LogP contribution in [0.4, 0.5) is 10.1 Å². The lowest BCUT2D eigenvalue weighted by Crippen LogP contribution is -2.53.